The molecule has 2 N–H and O–H groups in total. The Morgan fingerprint density at radius 2 is 1.71 bits per heavy atom. The van der Waals surface area contributed by atoms with Crippen LogP contribution in [0.1, 0.15) is 28.3 Å². The van der Waals surface area contributed by atoms with Crippen molar-refractivity contribution in [1.82, 2.24) is 0 Å². The molecule has 0 spiro atoms. The van der Waals surface area contributed by atoms with Gasteiger partial charge in [-0.05, 0) is 38.0 Å². The van der Waals surface area contributed by atoms with Gasteiger partial charge in [0.1, 0.15) is 12.4 Å². The second kappa shape index (κ2) is 6.22. The minimum Gasteiger partial charge on any atom is -0.491 e. The van der Waals surface area contributed by atoms with Crippen LogP contribution in [-0.4, -0.2) is 6.61 Å². The lowest BCUT2D eigenvalue weighted by Crippen LogP contribution is -2.21. The summed E-state index contributed by atoms with van der Waals surface area (Å²) < 4.78 is 32.6. The van der Waals surface area contributed by atoms with Gasteiger partial charge in [0.05, 0.1) is 6.04 Å². The molecule has 21 heavy (non-hydrogen) atoms. The van der Waals surface area contributed by atoms with Crippen molar-refractivity contribution in [2.45, 2.75) is 26.8 Å². The molecule has 4 heteroatoms. The van der Waals surface area contributed by atoms with Crippen molar-refractivity contribution >= 4 is 0 Å². The van der Waals surface area contributed by atoms with Crippen LogP contribution < -0.4 is 10.5 Å². The van der Waals surface area contributed by atoms with Crippen LogP contribution in [-0.2, 0) is 0 Å². The number of benzene rings is 2. The van der Waals surface area contributed by atoms with Crippen molar-refractivity contribution < 1.29 is 13.5 Å². The molecule has 0 aliphatic heterocycles. The molecule has 0 aliphatic rings. The molecule has 112 valence electrons. The van der Waals surface area contributed by atoms with Gasteiger partial charge < -0.3 is 10.5 Å². The normalized spacial score (nSPS) is 12.3. The molecular formula is C17H19F2NO. The number of halogens is 2. The van der Waals surface area contributed by atoms with Crippen molar-refractivity contribution in [2.75, 3.05) is 6.61 Å². The fraction of sp³-hybridized carbons (Fsp3) is 0.294. The highest BCUT2D eigenvalue weighted by atomic mass is 19.2. The van der Waals surface area contributed by atoms with Crippen LogP contribution in [0.25, 0.3) is 0 Å². The van der Waals surface area contributed by atoms with Gasteiger partial charge in [0.2, 0.25) is 0 Å². The van der Waals surface area contributed by atoms with Crippen LogP contribution in [0.3, 0.4) is 0 Å². The maximum atomic E-state index is 13.7. The zero-order chi connectivity index (χ0) is 15.6. The summed E-state index contributed by atoms with van der Waals surface area (Å²) in [7, 11) is 0. The molecule has 1 atom stereocenters. The summed E-state index contributed by atoms with van der Waals surface area (Å²) in [6.45, 7) is 6.00. The summed E-state index contributed by atoms with van der Waals surface area (Å²) in [6, 6.07) is 7.28. The number of hydrogen-bond acceptors (Lipinski definition) is 2. The smallest absolute Gasteiger partial charge is 0.163 e. The van der Waals surface area contributed by atoms with E-state index in [1.165, 1.54) is 12.1 Å². The molecule has 2 aromatic carbocycles. The van der Waals surface area contributed by atoms with Crippen molar-refractivity contribution in [3.63, 3.8) is 0 Å². The Bertz CT molecular complexity index is 632. The number of ether oxygens (including phenoxy) is 1. The van der Waals surface area contributed by atoms with Gasteiger partial charge in [-0.2, -0.15) is 0 Å². The first-order valence-electron chi connectivity index (χ1n) is 6.80. The zero-order valence-electron chi connectivity index (χ0n) is 12.4. The monoisotopic (exact) mass is 291 g/mol. The van der Waals surface area contributed by atoms with Crippen molar-refractivity contribution in [1.29, 1.82) is 0 Å². The van der Waals surface area contributed by atoms with Crippen molar-refractivity contribution in [3.05, 3.63) is 64.2 Å². The first kappa shape index (κ1) is 15.4. The van der Waals surface area contributed by atoms with Gasteiger partial charge in [0, 0.05) is 5.56 Å². The van der Waals surface area contributed by atoms with Gasteiger partial charge in [-0.1, -0.05) is 29.8 Å². The molecule has 0 saturated heterocycles. The van der Waals surface area contributed by atoms with Crippen LogP contribution in [0.5, 0.6) is 5.75 Å². The van der Waals surface area contributed by atoms with Crippen LogP contribution in [0.2, 0.25) is 0 Å². The summed E-state index contributed by atoms with van der Waals surface area (Å²) in [4.78, 5) is 0. The third-order valence-corrected chi connectivity index (χ3v) is 3.39. The molecule has 0 aromatic heterocycles. The zero-order valence-corrected chi connectivity index (χ0v) is 12.4. The van der Waals surface area contributed by atoms with E-state index in [9.17, 15) is 8.78 Å². The van der Waals surface area contributed by atoms with Crippen LogP contribution in [0, 0.1) is 32.4 Å². The van der Waals surface area contributed by atoms with Gasteiger partial charge in [-0.3, -0.25) is 0 Å². The molecule has 0 fully saturated rings. The molecule has 0 heterocycles. The van der Waals surface area contributed by atoms with E-state index in [-0.39, 0.29) is 12.2 Å². The van der Waals surface area contributed by atoms with Gasteiger partial charge in [0.25, 0.3) is 0 Å². The molecule has 0 aliphatic carbocycles. The average molecular weight is 291 g/mol. The highest BCUT2D eigenvalue weighted by Gasteiger charge is 2.16. The van der Waals surface area contributed by atoms with E-state index in [0.717, 1.165) is 28.5 Å². The Morgan fingerprint density at radius 3 is 2.33 bits per heavy atom. The van der Waals surface area contributed by atoms with Gasteiger partial charge in [0.15, 0.2) is 11.6 Å². The molecule has 2 nitrogen and oxygen atoms in total. The molecule has 1 unspecified atom stereocenters. The average Bonchev–Trinajstić information content (AvgIpc) is 2.40. The topological polar surface area (TPSA) is 35.2 Å². The Morgan fingerprint density at radius 1 is 1.10 bits per heavy atom. The molecule has 0 radical (unpaired) electrons. The Hall–Kier alpha value is -1.94. The summed E-state index contributed by atoms with van der Waals surface area (Å²) in [5.41, 5.74) is 9.18. The van der Waals surface area contributed by atoms with Crippen molar-refractivity contribution in [2.24, 2.45) is 5.73 Å². The maximum absolute atomic E-state index is 13.7. The SMILES string of the molecule is Cc1cc(C)c(OCC(N)c2cccc(F)c2F)c(C)c1. The fourth-order valence-corrected chi connectivity index (χ4v) is 2.46. The molecule has 0 bridgehead atoms. The second-order valence-electron chi connectivity index (χ2n) is 5.29. The predicted octanol–water partition coefficient (Wildman–Crippen LogP) is 3.97. The molecule has 2 rings (SSSR count). The van der Waals surface area contributed by atoms with E-state index < -0.39 is 17.7 Å². The minimum atomic E-state index is -0.911. The summed E-state index contributed by atoms with van der Waals surface area (Å²) in [5.74, 6) is -1.07. The van der Waals surface area contributed by atoms with E-state index in [1.807, 2.05) is 32.9 Å². The quantitative estimate of drug-likeness (QED) is 0.925. The molecule has 0 saturated carbocycles. The molecule has 0 amide bonds. The van der Waals surface area contributed by atoms with E-state index in [0.29, 0.717) is 0 Å². The Labute approximate surface area is 123 Å². The highest BCUT2D eigenvalue weighted by molar-refractivity contribution is 5.43. The second-order valence-corrected chi connectivity index (χ2v) is 5.29. The predicted molar refractivity (Wildman–Crippen MR) is 79.4 cm³/mol. The van der Waals surface area contributed by atoms with Crippen LogP contribution >= 0.6 is 0 Å². The molecular weight excluding hydrogens is 272 g/mol. The fourth-order valence-electron chi connectivity index (χ4n) is 2.46. The first-order valence-corrected chi connectivity index (χ1v) is 6.80. The van der Waals surface area contributed by atoms with Gasteiger partial charge in [-0.15, -0.1) is 0 Å². The lowest BCUT2D eigenvalue weighted by molar-refractivity contribution is 0.283. The Balaban J connectivity index is 2.15. The minimum absolute atomic E-state index is 0.0884. The van der Waals surface area contributed by atoms with E-state index in [2.05, 4.69) is 0 Å². The van der Waals surface area contributed by atoms with Gasteiger partial charge >= 0.3 is 0 Å². The van der Waals surface area contributed by atoms with E-state index >= 15 is 0 Å². The van der Waals surface area contributed by atoms with Gasteiger partial charge in [-0.25, -0.2) is 8.78 Å². The molecule has 2 aromatic rings. The summed E-state index contributed by atoms with van der Waals surface area (Å²) in [5, 5.41) is 0. The third-order valence-electron chi connectivity index (χ3n) is 3.39. The maximum Gasteiger partial charge on any atom is 0.163 e. The number of hydrogen-bond donors (Lipinski definition) is 1. The lowest BCUT2D eigenvalue weighted by atomic mass is 10.1. The van der Waals surface area contributed by atoms with E-state index in [1.54, 1.807) is 0 Å². The number of nitrogens with two attached hydrogens (primary N) is 1. The summed E-state index contributed by atoms with van der Waals surface area (Å²) >= 11 is 0. The van der Waals surface area contributed by atoms with Crippen LogP contribution in [0.4, 0.5) is 8.78 Å². The largest absolute Gasteiger partial charge is 0.491 e. The number of aryl methyl sites for hydroxylation is 3. The Kier molecular flexibility index (Phi) is 4.58. The van der Waals surface area contributed by atoms with Crippen LogP contribution in [0.15, 0.2) is 30.3 Å². The highest BCUT2D eigenvalue weighted by Crippen LogP contribution is 2.26. The number of rotatable bonds is 4. The lowest BCUT2D eigenvalue weighted by Gasteiger charge is -2.17. The van der Waals surface area contributed by atoms with E-state index in [4.69, 9.17) is 10.5 Å². The van der Waals surface area contributed by atoms with Crippen molar-refractivity contribution in [3.8, 4) is 5.75 Å². The first-order chi connectivity index (χ1) is 9.90. The standard InChI is InChI=1S/C17H19F2NO/c1-10-7-11(2)17(12(3)8-10)21-9-15(20)13-5-4-6-14(18)16(13)19/h4-8,15H,9,20H2,1-3H3. The third kappa shape index (κ3) is 3.39. The summed E-state index contributed by atoms with van der Waals surface area (Å²) in [6.07, 6.45) is 0.